The topological polar surface area (TPSA) is 90.2 Å². The number of nitrogens with zero attached hydrogens (tertiary/aromatic N) is 5. The van der Waals surface area contributed by atoms with Crippen molar-refractivity contribution in [2.24, 2.45) is 7.05 Å². The van der Waals surface area contributed by atoms with Crippen LogP contribution in [0.4, 0.5) is 0 Å². The highest BCUT2D eigenvalue weighted by atomic mass is 32.2. The van der Waals surface area contributed by atoms with Crippen molar-refractivity contribution in [3.8, 4) is 5.75 Å². The Morgan fingerprint density at radius 1 is 1.15 bits per heavy atom. The van der Waals surface area contributed by atoms with Crippen LogP contribution in [-0.4, -0.2) is 39.5 Å². The fourth-order valence-electron chi connectivity index (χ4n) is 2.53. The van der Waals surface area contributed by atoms with Crippen LogP contribution in [0.15, 0.2) is 60.0 Å². The molecule has 3 rings (SSSR count). The normalized spacial score (nSPS) is 12.9. The first kappa shape index (κ1) is 19.0. The first-order valence-corrected chi connectivity index (χ1v) is 9.77. The molecule has 0 fully saturated rings. The summed E-state index contributed by atoms with van der Waals surface area (Å²) in [6.07, 6.45) is 4.75. The third-order valence-electron chi connectivity index (χ3n) is 4.41. The molecule has 27 heavy (non-hydrogen) atoms. The third-order valence-corrected chi connectivity index (χ3v) is 6.35. The van der Waals surface area contributed by atoms with E-state index in [0.29, 0.717) is 11.6 Å². The molecule has 0 bridgehead atoms. The molecule has 142 valence electrons. The monoisotopic (exact) mass is 387 g/mol. The highest BCUT2D eigenvalue weighted by Gasteiger charge is 2.26. The number of pyridine rings is 1. The molecule has 0 radical (unpaired) electrons. The average Bonchev–Trinajstić information content (AvgIpc) is 3.11. The van der Waals surface area contributed by atoms with E-state index in [1.807, 2.05) is 6.92 Å². The second-order valence-corrected chi connectivity index (χ2v) is 8.04. The van der Waals surface area contributed by atoms with E-state index in [9.17, 15) is 8.42 Å². The molecule has 2 heterocycles. The molecule has 1 aromatic carbocycles. The molecule has 9 heteroatoms. The van der Waals surface area contributed by atoms with Gasteiger partial charge in [-0.3, -0.25) is 9.67 Å². The quantitative estimate of drug-likeness (QED) is 0.617. The van der Waals surface area contributed by atoms with Crippen molar-refractivity contribution in [3.05, 3.63) is 66.5 Å². The number of rotatable bonds is 7. The molecule has 0 spiro atoms. The molecule has 1 unspecified atom stereocenters. The highest BCUT2D eigenvalue weighted by Crippen LogP contribution is 2.26. The minimum Gasteiger partial charge on any atom is -0.486 e. The summed E-state index contributed by atoms with van der Waals surface area (Å²) in [7, 11) is -0.290. The van der Waals surface area contributed by atoms with E-state index < -0.39 is 10.0 Å². The second-order valence-electron chi connectivity index (χ2n) is 6.04. The van der Waals surface area contributed by atoms with Crippen molar-refractivity contribution in [2.75, 3.05) is 7.05 Å². The molecule has 0 aliphatic carbocycles. The number of ether oxygens (including phenoxy) is 1. The molecule has 8 nitrogen and oxygen atoms in total. The van der Waals surface area contributed by atoms with Gasteiger partial charge in [-0.2, -0.15) is 9.40 Å². The smallest absolute Gasteiger partial charge is 0.243 e. The maximum atomic E-state index is 12.9. The van der Waals surface area contributed by atoms with E-state index in [2.05, 4.69) is 15.1 Å². The Balaban J connectivity index is 1.72. The summed E-state index contributed by atoms with van der Waals surface area (Å²) in [5.74, 6) is 1.24. The van der Waals surface area contributed by atoms with Gasteiger partial charge in [-0.05, 0) is 48.9 Å². The number of hydrogen-bond acceptors (Lipinski definition) is 6. The van der Waals surface area contributed by atoms with E-state index in [-0.39, 0.29) is 17.5 Å². The Hall–Kier alpha value is -2.78. The first-order valence-electron chi connectivity index (χ1n) is 8.33. The van der Waals surface area contributed by atoms with Gasteiger partial charge in [-0.25, -0.2) is 13.4 Å². The second kappa shape index (κ2) is 7.85. The van der Waals surface area contributed by atoms with Gasteiger partial charge in [0.2, 0.25) is 10.0 Å². The molecule has 0 aliphatic rings. The van der Waals surface area contributed by atoms with Gasteiger partial charge in [0.1, 0.15) is 18.7 Å². The lowest BCUT2D eigenvalue weighted by Gasteiger charge is -2.24. The summed E-state index contributed by atoms with van der Waals surface area (Å²) in [5, 5.41) is 3.97. The number of benzene rings is 1. The Bertz CT molecular complexity index is 987. The molecular weight excluding hydrogens is 366 g/mol. The zero-order valence-corrected chi connectivity index (χ0v) is 16.2. The van der Waals surface area contributed by atoms with Gasteiger partial charge in [0.15, 0.2) is 5.82 Å². The lowest BCUT2D eigenvalue weighted by molar-refractivity contribution is 0.289. The predicted octanol–water partition coefficient (Wildman–Crippen LogP) is 2.17. The van der Waals surface area contributed by atoms with Crippen molar-refractivity contribution in [3.63, 3.8) is 0 Å². The highest BCUT2D eigenvalue weighted by molar-refractivity contribution is 7.89. The fourth-order valence-corrected chi connectivity index (χ4v) is 3.88. The van der Waals surface area contributed by atoms with Crippen LogP contribution in [-0.2, 0) is 23.7 Å². The van der Waals surface area contributed by atoms with Crippen LogP contribution >= 0.6 is 0 Å². The van der Waals surface area contributed by atoms with Crippen molar-refractivity contribution >= 4 is 10.0 Å². The summed E-state index contributed by atoms with van der Waals surface area (Å²) in [5.41, 5.74) is 0.875. The molecule has 0 saturated heterocycles. The first-order chi connectivity index (χ1) is 12.9. The Labute approximate surface area is 158 Å². The maximum absolute atomic E-state index is 12.9. The Morgan fingerprint density at radius 2 is 1.81 bits per heavy atom. The Kier molecular flexibility index (Phi) is 5.52. The van der Waals surface area contributed by atoms with Crippen LogP contribution in [0.3, 0.4) is 0 Å². The van der Waals surface area contributed by atoms with Crippen LogP contribution in [0.25, 0.3) is 0 Å². The summed E-state index contributed by atoms with van der Waals surface area (Å²) in [6, 6.07) is 9.64. The van der Waals surface area contributed by atoms with Gasteiger partial charge < -0.3 is 4.74 Å². The van der Waals surface area contributed by atoms with Crippen LogP contribution in [0.5, 0.6) is 5.75 Å². The largest absolute Gasteiger partial charge is 0.486 e. The van der Waals surface area contributed by atoms with E-state index >= 15 is 0 Å². The maximum Gasteiger partial charge on any atom is 0.243 e. The molecule has 0 aliphatic heterocycles. The summed E-state index contributed by atoms with van der Waals surface area (Å²) < 4.78 is 34.4. The molecule has 1 atom stereocenters. The minimum absolute atomic E-state index is 0.205. The zero-order valence-electron chi connectivity index (χ0n) is 15.3. The molecule has 3 aromatic rings. The number of hydrogen-bond donors (Lipinski definition) is 0. The number of sulfonamides is 1. The Morgan fingerprint density at radius 3 is 2.41 bits per heavy atom. The molecule has 2 aromatic heterocycles. The zero-order chi connectivity index (χ0) is 19.4. The van der Waals surface area contributed by atoms with Crippen molar-refractivity contribution in [2.45, 2.75) is 24.5 Å². The minimum atomic E-state index is -3.64. The molecule has 0 N–H and O–H groups in total. The number of aromatic nitrogens is 4. The van der Waals surface area contributed by atoms with Gasteiger partial charge in [0.05, 0.1) is 4.90 Å². The van der Waals surface area contributed by atoms with Crippen molar-refractivity contribution < 1.29 is 13.2 Å². The van der Waals surface area contributed by atoms with Gasteiger partial charge in [0.25, 0.3) is 0 Å². The van der Waals surface area contributed by atoms with Crippen LogP contribution < -0.4 is 4.74 Å². The van der Waals surface area contributed by atoms with E-state index in [4.69, 9.17) is 4.74 Å². The summed E-state index contributed by atoms with van der Waals surface area (Å²) in [4.78, 5) is 8.25. The lowest BCUT2D eigenvalue weighted by atomic mass is 10.1. The standard InChI is InChI=1S/C18H21N5O3S/c1-14(15-8-10-19-11-9-15)23(3)27(24,25)17-6-4-16(5-7-17)26-12-18-20-13-21-22(18)2/h4-11,13-14H,12H2,1-3H3. The summed E-state index contributed by atoms with van der Waals surface area (Å²) >= 11 is 0. The van der Waals surface area contributed by atoms with E-state index in [1.165, 1.54) is 22.8 Å². The van der Waals surface area contributed by atoms with Gasteiger partial charge in [-0.15, -0.1) is 0 Å². The predicted molar refractivity (Wildman–Crippen MR) is 99.4 cm³/mol. The van der Waals surface area contributed by atoms with Gasteiger partial charge in [0, 0.05) is 32.5 Å². The van der Waals surface area contributed by atoms with E-state index in [1.54, 1.807) is 55.4 Å². The molecular formula is C18H21N5O3S. The molecule has 0 saturated carbocycles. The van der Waals surface area contributed by atoms with Gasteiger partial charge >= 0.3 is 0 Å². The average molecular weight is 387 g/mol. The number of aryl methyl sites for hydroxylation is 1. The van der Waals surface area contributed by atoms with Crippen molar-refractivity contribution in [1.29, 1.82) is 0 Å². The SMILES string of the molecule is CC(c1ccncc1)N(C)S(=O)(=O)c1ccc(OCc2ncnn2C)cc1. The van der Waals surface area contributed by atoms with Gasteiger partial charge in [-0.1, -0.05) is 0 Å². The lowest BCUT2D eigenvalue weighted by Crippen LogP contribution is -2.29. The van der Waals surface area contributed by atoms with E-state index in [0.717, 1.165) is 5.56 Å². The fraction of sp³-hybridized carbons (Fsp3) is 0.278. The molecule has 0 amide bonds. The van der Waals surface area contributed by atoms with Crippen LogP contribution in [0.1, 0.15) is 24.4 Å². The third kappa shape index (κ3) is 4.15. The summed E-state index contributed by atoms with van der Waals surface area (Å²) in [6.45, 7) is 2.09. The van der Waals surface area contributed by atoms with Crippen LogP contribution in [0.2, 0.25) is 0 Å². The van der Waals surface area contributed by atoms with Crippen molar-refractivity contribution in [1.82, 2.24) is 24.1 Å². The van der Waals surface area contributed by atoms with Crippen LogP contribution in [0, 0.1) is 0 Å².